The molecule has 27 heavy (non-hydrogen) atoms. The Morgan fingerprint density at radius 1 is 0.926 bits per heavy atom. The van der Waals surface area contributed by atoms with Crippen molar-refractivity contribution >= 4 is 11.6 Å². The summed E-state index contributed by atoms with van der Waals surface area (Å²) in [5, 5.41) is 2.95. The molecule has 6 nitrogen and oxygen atoms in total. The van der Waals surface area contributed by atoms with Gasteiger partial charge in [-0.2, -0.15) is 0 Å². The van der Waals surface area contributed by atoms with Crippen LogP contribution in [-0.4, -0.2) is 33.3 Å². The van der Waals surface area contributed by atoms with Crippen LogP contribution in [0.15, 0.2) is 30.3 Å². The Morgan fingerprint density at radius 3 is 2.26 bits per heavy atom. The van der Waals surface area contributed by atoms with Crippen molar-refractivity contribution in [3.8, 4) is 23.0 Å². The number of nitrogens with one attached hydrogen (secondary N) is 1. The van der Waals surface area contributed by atoms with E-state index < -0.39 is 0 Å². The molecule has 1 amide bonds. The van der Waals surface area contributed by atoms with Crippen molar-refractivity contribution in [2.24, 2.45) is 0 Å². The maximum Gasteiger partial charge on any atom is 0.225 e. The Kier molecular flexibility index (Phi) is 5.74. The van der Waals surface area contributed by atoms with Gasteiger partial charge >= 0.3 is 0 Å². The van der Waals surface area contributed by atoms with E-state index in [0.717, 1.165) is 16.8 Å². The summed E-state index contributed by atoms with van der Waals surface area (Å²) < 4.78 is 22.4. The molecular weight excluding hydrogens is 346 g/mol. The summed E-state index contributed by atoms with van der Waals surface area (Å²) in [6.45, 7) is 4.88. The maximum absolute atomic E-state index is 12.4. The summed E-state index contributed by atoms with van der Waals surface area (Å²) in [6.07, 6.45) is 0.316. The second kappa shape index (κ2) is 8.20. The topological polar surface area (TPSA) is 66.0 Å². The van der Waals surface area contributed by atoms with Crippen molar-refractivity contribution in [3.63, 3.8) is 0 Å². The number of carbonyl (C=O) groups excluding carboxylic acids is 1. The van der Waals surface area contributed by atoms with Crippen LogP contribution in [0.25, 0.3) is 0 Å². The Hall–Kier alpha value is -2.89. The average molecular weight is 371 g/mol. The molecule has 144 valence electrons. The number of amides is 1. The lowest BCUT2D eigenvalue weighted by molar-refractivity contribution is -0.116. The van der Waals surface area contributed by atoms with E-state index in [1.165, 1.54) is 0 Å². The summed E-state index contributed by atoms with van der Waals surface area (Å²) in [7, 11) is 3.24. The van der Waals surface area contributed by atoms with Gasteiger partial charge in [-0.3, -0.25) is 4.79 Å². The smallest absolute Gasteiger partial charge is 0.225 e. The summed E-state index contributed by atoms with van der Waals surface area (Å²) in [5.41, 5.74) is 2.60. The first-order valence-corrected chi connectivity index (χ1v) is 9.06. The van der Waals surface area contributed by atoms with E-state index in [0.29, 0.717) is 42.6 Å². The predicted molar refractivity (Wildman–Crippen MR) is 103 cm³/mol. The van der Waals surface area contributed by atoms with Crippen molar-refractivity contribution in [2.45, 2.75) is 26.2 Å². The van der Waals surface area contributed by atoms with Gasteiger partial charge in [0.2, 0.25) is 5.91 Å². The third kappa shape index (κ3) is 3.79. The maximum atomic E-state index is 12.4. The minimum atomic E-state index is -0.173. The first-order valence-electron chi connectivity index (χ1n) is 9.06. The third-order valence-electron chi connectivity index (χ3n) is 4.57. The SMILES string of the molecule is CCOc1cc2c(cc1OCC)[C@@H](c1cc(OC)ccc1OC)CC(=O)N2. The molecule has 0 spiro atoms. The van der Waals surface area contributed by atoms with Crippen LogP contribution in [0.2, 0.25) is 0 Å². The highest BCUT2D eigenvalue weighted by Gasteiger charge is 2.30. The van der Waals surface area contributed by atoms with E-state index in [2.05, 4.69) is 5.32 Å². The van der Waals surface area contributed by atoms with Gasteiger partial charge in [0.1, 0.15) is 11.5 Å². The van der Waals surface area contributed by atoms with Crippen molar-refractivity contribution in [2.75, 3.05) is 32.8 Å². The number of hydrogen-bond donors (Lipinski definition) is 1. The van der Waals surface area contributed by atoms with E-state index in [9.17, 15) is 4.79 Å². The van der Waals surface area contributed by atoms with Gasteiger partial charge < -0.3 is 24.3 Å². The summed E-state index contributed by atoms with van der Waals surface area (Å²) in [5.74, 6) is 2.50. The zero-order valence-corrected chi connectivity index (χ0v) is 16.1. The largest absolute Gasteiger partial charge is 0.497 e. The molecule has 0 bridgehead atoms. The van der Waals surface area contributed by atoms with Gasteiger partial charge in [0, 0.05) is 29.7 Å². The van der Waals surface area contributed by atoms with Crippen LogP contribution < -0.4 is 24.3 Å². The van der Waals surface area contributed by atoms with Gasteiger partial charge in [-0.1, -0.05) is 0 Å². The highest BCUT2D eigenvalue weighted by Crippen LogP contribution is 2.46. The number of fused-ring (bicyclic) bond motifs is 1. The molecule has 3 rings (SSSR count). The third-order valence-corrected chi connectivity index (χ3v) is 4.57. The van der Waals surface area contributed by atoms with Crippen LogP contribution in [0.1, 0.15) is 37.3 Å². The van der Waals surface area contributed by atoms with Crippen LogP contribution in [0.5, 0.6) is 23.0 Å². The number of hydrogen-bond acceptors (Lipinski definition) is 5. The van der Waals surface area contributed by atoms with E-state index in [1.807, 2.05) is 44.2 Å². The van der Waals surface area contributed by atoms with Crippen LogP contribution >= 0.6 is 0 Å². The Morgan fingerprint density at radius 2 is 1.63 bits per heavy atom. The Labute approximate surface area is 159 Å². The number of methoxy groups -OCH3 is 2. The van der Waals surface area contributed by atoms with Gasteiger partial charge in [0.05, 0.1) is 27.4 Å². The van der Waals surface area contributed by atoms with Crippen LogP contribution in [-0.2, 0) is 4.79 Å². The first-order chi connectivity index (χ1) is 13.1. The monoisotopic (exact) mass is 371 g/mol. The average Bonchev–Trinajstić information content (AvgIpc) is 2.68. The molecule has 2 aromatic rings. The van der Waals surface area contributed by atoms with Crippen LogP contribution in [0.3, 0.4) is 0 Å². The van der Waals surface area contributed by atoms with Gasteiger partial charge in [-0.15, -0.1) is 0 Å². The normalized spacial score (nSPS) is 15.6. The number of anilines is 1. The quantitative estimate of drug-likeness (QED) is 0.798. The molecule has 0 radical (unpaired) electrons. The standard InChI is InChI=1S/C21H25NO5/c1-5-26-19-10-15-14(16-9-13(24-3)7-8-18(16)25-4)11-21(23)22-17(15)12-20(19)27-6-2/h7-10,12,14H,5-6,11H2,1-4H3,(H,22,23)/t14-/m0/s1. The first kappa shape index (κ1) is 18.9. The Bertz CT molecular complexity index is 834. The molecule has 0 saturated heterocycles. The van der Waals surface area contributed by atoms with Crippen molar-refractivity contribution in [3.05, 3.63) is 41.5 Å². The van der Waals surface area contributed by atoms with E-state index in [1.54, 1.807) is 14.2 Å². The molecule has 1 aliphatic rings. The minimum absolute atomic E-state index is 0.0519. The lowest BCUT2D eigenvalue weighted by Gasteiger charge is -2.28. The molecule has 0 fully saturated rings. The summed E-state index contributed by atoms with van der Waals surface area (Å²) >= 11 is 0. The summed E-state index contributed by atoms with van der Waals surface area (Å²) in [4.78, 5) is 12.4. The molecule has 0 unspecified atom stereocenters. The van der Waals surface area contributed by atoms with Gasteiger partial charge in [-0.05, 0) is 43.7 Å². The highest BCUT2D eigenvalue weighted by atomic mass is 16.5. The lowest BCUT2D eigenvalue weighted by atomic mass is 9.84. The zero-order valence-electron chi connectivity index (χ0n) is 16.1. The fraction of sp³-hybridized carbons (Fsp3) is 0.381. The molecule has 1 atom stereocenters. The summed E-state index contributed by atoms with van der Waals surface area (Å²) in [6, 6.07) is 9.41. The van der Waals surface area contributed by atoms with Crippen LogP contribution in [0.4, 0.5) is 5.69 Å². The van der Waals surface area contributed by atoms with Gasteiger partial charge in [0.15, 0.2) is 11.5 Å². The highest BCUT2D eigenvalue weighted by molar-refractivity contribution is 5.96. The number of ether oxygens (including phenoxy) is 4. The van der Waals surface area contributed by atoms with Crippen molar-refractivity contribution < 1.29 is 23.7 Å². The van der Waals surface area contributed by atoms with Gasteiger partial charge in [-0.25, -0.2) is 0 Å². The van der Waals surface area contributed by atoms with Crippen molar-refractivity contribution in [1.82, 2.24) is 0 Å². The molecule has 1 N–H and O–H groups in total. The molecule has 1 aliphatic heterocycles. The van der Waals surface area contributed by atoms with E-state index >= 15 is 0 Å². The second-order valence-corrected chi connectivity index (χ2v) is 6.16. The molecule has 0 aromatic heterocycles. The number of benzene rings is 2. The molecular formula is C21H25NO5. The van der Waals surface area contributed by atoms with Crippen molar-refractivity contribution in [1.29, 1.82) is 0 Å². The fourth-order valence-corrected chi connectivity index (χ4v) is 3.39. The number of carbonyl (C=O) groups is 1. The van der Waals surface area contributed by atoms with Gasteiger partial charge in [0.25, 0.3) is 0 Å². The molecule has 0 saturated carbocycles. The predicted octanol–water partition coefficient (Wildman–Crippen LogP) is 3.98. The molecule has 1 heterocycles. The second-order valence-electron chi connectivity index (χ2n) is 6.16. The molecule has 6 heteroatoms. The lowest BCUT2D eigenvalue weighted by Crippen LogP contribution is -2.24. The van der Waals surface area contributed by atoms with E-state index in [-0.39, 0.29) is 11.8 Å². The Balaban J connectivity index is 2.15. The zero-order chi connectivity index (χ0) is 19.4. The minimum Gasteiger partial charge on any atom is -0.497 e. The number of rotatable bonds is 7. The van der Waals surface area contributed by atoms with Crippen LogP contribution in [0, 0.1) is 0 Å². The molecule has 2 aromatic carbocycles. The van der Waals surface area contributed by atoms with E-state index in [4.69, 9.17) is 18.9 Å². The molecule has 0 aliphatic carbocycles. The fourth-order valence-electron chi connectivity index (χ4n) is 3.39.